The number of hydrogen-bond donors (Lipinski definition) is 3. The van der Waals surface area contributed by atoms with E-state index in [9.17, 15) is 19.4 Å². The van der Waals surface area contributed by atoms with Gasteiger partial charge in [0.1, 0.15) is 6.61 Å². The van der Waals surface area contributed by atoms with Crippen molar-refractivity contribution in [3.8, 4) is 0 Å². The molecule has 0 radical (unpaired) electrons. The molecule has 0 aliphatic carbocycles. The van der Waals surface area contributed by atoms with Gasteiger partial charge in [-0.3, -0.25) is 13.8 Å². The topological polar surface area (TPSA) is 138 Å². The number of aliphatic hydroxyl groups is 1. The molecule has 0 aliphatic rings. The second kappa shape index (κ2) is 37.7. The van der Waals surface area contributed by atoms with Crippen LogP contribution in [0.15, 0.2) is 60.9 Å². The summed E-state index contributed by atoms with van der Waals surface area (Å²) in [4.78, 5) is 22.4. The molecule has 10 heteroatoms. The lowest BCUT2D eigenvalue weighted by Crippen LogP contribution is -2.28. The fourth-order valence-electron chi connectivity index (χ4n) is 5.12. The molecule has 296 valence electrons. The van der Waals surface area contributed by atoms with Gasteiger partial charge < -0.3 is 25.2 Å². The van der Waals surface area contributed by atoms with E-state index in [1.165, 1.54) is 89.9 Å². The van der Waals surface area contributed by atoms with E-state index >= 15 is 0 Å². The SMILES string of the molecule is CCCCCC=CCC=CCC=CC=CC(O)CCCC(=O)OC(COC=CCCCCCCCCCCCCCC)COP(=O)(O)OCCN. The maximum atomic E-state index is 12.5. The molecule has 3 atom stereocenters. The summed E-state index contributed by atoms with van der Waals surface area (Å²) in [6.45, 7) is 3.97. The number of esters is 1. The molecule has 0 saturated heterocycles. The Bertz CT molecular complexity index is 981. The van der Waals surface area contributed by atoms with Crippen LogP contribution < -0.4 is 5.73 Å². The van der Waals surface area contributed by atoms with Gasteiger partial charge in [0.15, 0.2) is 6.10 Å². The van der Waals surface area contributed by atoms with Gasteiger partial charge in [-0.05, 0) is 57.4 Å². The molecule has 0 saturated carbocycles. The molecule has 0 rings (SSSR count). The van der Waals surface area contributed by atoms with E-state index in [0.29, 0.717) is 12.8 Å². The van der Waals surface area contributed by atoms with Crippen molar-refractivity contribution in [3.63, 3.8) is 0 Å². The van der Waals surface area contributed by atoms with E-state index in [2.05, 4.69) is 38.2 Å². The lowest BCUT2D eigenvalue weighted by molar-refractivity contribution is -0.153. The number of unbranched alkanes of at least 4 members (excludes halogenated alkanes) is 15. The highest BCUT2D eigenvalue weighted by molar-refractivity contribution is 7.47. The van der Waals surface area contributed by atoms with Crippen molar-refractivity contribution < 1.29 is 37.9 Å². The Labute approximate surface area is 311 Å². The monoisotopic (exact) mass is 740 g/mol. The highest BCUT2D eigenvalue weighted by atomic mass is 31.2. The summed E-state index contributed by atoms with van der Waals surface area (Å²) < 4.78 is 32.9. The third kappa shape index (κ3) is 37.6. The zero-order chi connectivity index (χ0) is 37.5. The first-order valence-corrected chi connectivity index (χ1v) is 21.4. The van der Waals surface area contributed by atoms with Crippen LogP contribution >= 0.6 is 7.82 Å². The van der Waals surface area contributed by atoms with Crippen molar-refractivity contribution in [2.45, 2.75) is 167 Å². The standard InChI is InChI=1S/C41H74NO8P/c1-3-5-7-9-11-13-15-17-19-21-23-25-27-29-35-47-37-40(38-49-51(45,46)48-36-34-42)50-41(44)33-30-32-39(43)31-28-26-24-22-20-18-16-14-12-10-8-6-4-2/h12,14,18,20,24,26,28-29,31,35,39-40,43H,3-11,13,15-17,19,21-23,25,27,30,32-34,36-38,42H2,1-2H3,(H,45,46). The number of phosphoric ester groups is 1. The Morgan fingerprint density at radius 3 is 1.94 bits per heavy atom. The second-order valence-electron chi connectivity index (χ2n) is 13.1. The number of allylic oxidation sites excluding steroid dienone is 8. The first-order valence-electron chi connectivity index (χ1n) is 19.9. The largest absolute Gasteiger partial charge is 0.498 e. The summed E-state index contributed by atoms with van der Waals surface area (Å²) in [5.74, 6) is -0.512. The number of hydrogen-bond acceptors (Lipinski definition) is 8. The predicted octanol–water partition coefficient (Wildman–Crippen LogP) is 10.7. The summed E-state index contributed by atoms with van der Waals surface area (Å²) in [6.07, 6.45) is 42.1. The van der Waals surface area contributed by atoms with E-state index in [0.717, 1.165) is 32.1 Å². The highest BCUT2D eigenvalue weighted by Crippen LogP contribution is 2.43. The van der Waals surface area contributed by atoms with Crippen molar-refractivity contribution in [1.82, 2.24) is 0 Å². The fourth-order valence-corrected chi connectivity index (χ4v) is 5.89. The third-order valence-electron chi connectivity index (χ3n) is 8.11. The van der Waals surface area contributed by atoms with E-state index in [-0.39, 0.29) is 32.8 Å². The van der Waals surface area contributed by atoms with Crippen LogP contribution in [0, 0.1) is 0 Å². The molecule has 0 bridgehead atoms. The molecule has 0 fully saturated rings. The van der Waals surface area contributed by atoms with Crippen molar-refractivity contribution in [2.24, 2.45) is 5.73 Å². The van der Waals surface area contributed by atoms with Crippen LogP contribution in [0.1, 0.15) is 155 Å². The average molecular weight is 740 g/mol. The maximum Gasteiger partial charge on any atom is 0.472 e. The number of phosphoric acid groups is 1. The van der Waals surface area contributed by atoms with Crippen LogP contribution in [0.25, 0.3) is 0 Å². The molecule has 9 nitrogen and oxygen atoms in total. The molecule has 0 amide bonds. The highest BCUT2D eigenvalue weighted by Gasteiger charge is 2.25. The summed E-state index contributed by atoms with van der Waals surface area (Å²) in [5, 5.41) is 10.3. The third-order valence-corrected chi connectivity index (χ3v) is 9.09. The molecule has 0 aromatic heterocycles. The number of aliphatic hydroxyl groups excluding tert-OH is 1. The van der Waals surface area contributed by atoms with Gasteiger partial charge in [-0.1, -0.05) is 146 Å². The van der Waals surface area contributed by atoms with Crippen molar-refractivity contribution in [3.05, 3.63) is 60.9 Å². The number of ether oxygens (including phenoxy) is 2. The van der Waals surface area contributed by atoms with Crippen LogP contribution in [-0.2, 0) is 27.9 Å². The van der Waals surface area contributed by atoms with E-state index in [1.54, 1.807) is 18.4 Å². The lowest BCUT2D eigenvalue weighted by Gasteiger charge is -2.19. The van der Waals surface area contributed by atoms with Gasteiger partial charge in [-0.15, -0.1) is 0 Å². The van der Waals surface area contributed by atoms with Gasteiger partial charge in [0.05, 0.1) is 25.6 Å². The quantitative estimate of drug-likeness (QED) is 0.0142. The van der Waals surface area contributed by atoms with Gasteiger partial charge >= 0.3 is 13.8 Å². The summed E-state index contributed by atoms with van der Waals surface area (Å²) >= 11 is 0. The Balaban J connectivity index is 4.36. The van der Waals surface area contributed by atoms with Crippen LogP contribution in [0.2, 0.25) is 0 Å². The molecule has 4 N–H and O–H groups in total. The Kier molecular flexibility index (Phi) is 36.3. The number of carbonyl (C=O) groups is 1. The molecule has 0 spiro atoms. The van der Waals surface area contributed by atoms with Gasteiger partial charge in [0.25, 0.3) is 0 Å². The molecule has 0 aliphatic heterocycles. The molecule has 51 heavy (non-hydrogen) atoms. The first-order chi connectivity index (χ1) is 24.8. The zero-order valence-corrected chi connectivity index (χ0v) is 33.1. The van der Waals surface area contributed by atoms with Crippen LogP contribution in [-0.4, -0.2) is 54.5 Å². The van der Waals surface area contributed by atoms with Crippen molar-refractivity contribution in [2.75, 3.05) is 26.4 Å². The average Bonchev–Trinajstić information content (AvgIpc) is 3.11. The first kappa shape index (κ1) is 49.0. The molecule has 0 aromatic rings. The van der Waals surface area contributed by atoms with Crippen LogP contribution in [0.5, 0.6) is 0 Å². The van der Waals surface area contributed by atoms with Gasteiger partial charge in [0.2, 0.25) is 0 Å². The Morgan fingerprint density at radius 2 is 1.27 bits per heavy atom. The summed E-state index contributed by atoms with van der Waals surface area (Å²) in [6, 6.07) is 0. The normalized spacial score (nSPS) is 14.8. The molecule has 0 aromatic carbocycles. The Hall–Kier alpha value is -2.00. The summed E-state index contributed by atoms with van der Waals surface area (Å²) in [7, 11) is -4.34. The van der Waals surface area contributed by atoms with Crippen molar-refractivity contribution in [1.29, 1.82) is 0 Å². The number of nitrogens with two attached hydrogens (primary N) is 1. The lowest BCUT2D eigenvalue weighted by atomic mass is 10.0. The van der Waals surface area contributed by atoms with E-state index < -0.39 is 26.0 Å². The predicted molar refractivity (Wildman–Crippen MR) is 211 cm³/mol. The minimum atomic E-state index is -4.34. The van der Waals surface area contributed by atoms with E-state index in [1.807, 2.05) is 18.2 Å². The van der Waals surface area contributed by atoms with Crippen LogP contribution in [0.4, 0.5) is 0 Å². The second-order valence-corrected chi connectivity index (χ2v) is 14.5. The van der Waals surface area contributed by atoms with Crippen LogP contribution in [0.3, 0.4) is 0 Å². The minimum absolute atomic E-state index is 0.0415. The van der Waals surface area contributed by atoms with Gasteiger partial charge in [-0.25, -0.2) is 4.57 Å². The smallest absolute Gasteiger partial charge is 0.472 e. The number of carbonyl (C=O) groups excluding carboxylic acids is 1. The van der Waals surface area contributed by atoms with E-state index in [4.69, 9.17) is 24.3 Å². The molecular formula is C41H74NO8P. The fraction of sp³-hybridized carbons (Fsp3) is 0.732. The zero-order valence-electron chi connectivity index (χ0n) is 32.2. The summed E-state index contributed by atoms with van der Waals surface area (Å²) in [5.41, 5.74) is 5.34. The molecular weight excluding hydrogens is 665 g/mol. The molecule has 3 unspecified atom stereocenters. The van der Waals surface area contributed by atoms with Gasteiger partial charge in [0, 0.05) is 13.0 Å². The van der Waals surface area contributed by atoms with Gasteiger partial charge in [-0.2, -0.15) is 0 Å². The minimum Gasteiger partial charge on any atom is -0.498 e. The molecule has 0 heterocycles. The number of rotatable bonds is 37. The maximum absolute atomic E-state index is 12.5. The van der Waals surface area contributed by atoms with Crippen molar-refractivity contribution >= 4 is 13.8 Å². The Morgan fingerprint density at radius 1 is 0.706 bits per heavy atom.